The highest BCUT2D eigenvalue weighted by Crippen LogP contribution is 2.46. The summed E-state index contributed by atoms with van der Waals surface area (Å²) in [5.41, 5.74) is 5.41. The molecule has 2 N–H and O–H groups in total. The molecule has 100 valence electrons. The molecule has 2 rings (SSSR count). The molecule has 1 atom stereocenters. The van der Waals surface area contributed by atoms with Gasteiger partial charge in [0.15, 0.2) is 0 Å². The van der Waals surface area contributed by atoms with Crippen LogP contribution in [0.25, 0.3) is 0 Å². The molecule has 4 nitrogen and oxygen atoms in total. The number of hydrogen-bond donors (Lipinski definition) is 1. The van der Waals surface area contributed by atoms with Gasteiger partial charge in [-0.3, -0.25) is 4.52 Å². The van der Waals surface area contributed by atoms with Gasteiger partial charge in [0.1, 0.15) is 5.75 Å². The fourth-order valence-electron chi connectivity index (χ4n) is 1.56. The predicted molar refractivity (Wildman–Crippen MR) is 75.8 cm³/mol. The molecule has 0 aliphatic heterocycles. The zero-order chi connectivity index (χ0) is 13.6. The van der Waals surface area contributed by atoms with Crippen molar-refractivity contribution in [3.8, 4) is 5.75 Å². The normalized spacial score (nSPS) is 13.7. The smallest absolute Gasteiger partial charge is 0.410 e. The molecular formula is C14H16NO3P. The number of nitrogens with two attached hydrogens (primary N) is 1. The van der Waals surface area contributed by atoms with Crippen molar-refractivity contribution in [3.63, 3.8) is 0 Å². The van der Waals surface area contributed by atoms with Crippen LogP contribution in [0.1, 0.15) is 0 Å². The lowest BCUT2D eigenvalue weighted by Gasteiger charge is -2.19. The quantitative estimate of drug-likeness (QED) is 0.824. The zero-order valence-electron chi connectivity index (χ0n) is 10.4. The molecule has 0 aliphatic carbocycles. The molecule has 0 spiro atoms. The van der Waals surface area contributed by atoms with Gasteiger partial charge in [0.25, 0.3) is 0 Å². The van der Waals surface area contributed by atoms with E-state index in [9.17, 15) is 4.57 Å². The fraction of sp³-hybridized carbons (Fsp3) is 0.143. The van der Waals surface area contributed by atoms with Crippen LogP contribution in [0.3, 0.4) is 0 Å². The van der Waals surface area contributed by atoms with Gasteiger partial charge < -0.3 is 10.3 Å². The monoisotopic (exact) mass is 277 g/mol. The highest BCUT2D eigenvalue weighted by molar-refractivity contribution is 7.62. The van der Waals surface area contributed by atoms with E-state index in [0.717, 1.165) is 0 Å². The first-order valence-corrected chi connectivity index (χ1v) is 7.54. The minimum Gasteiger partial charge on any atom is -0.421 e. The Morgan fingerprint density at radius 2 is 1.53 bits per heavy atom. The highest BCUT2D eigenvalue weighted by atomic mass is 31.2. The predicted octanol–water partition coefficient (Wildman–Crippen LogP) is 2.56. The average Bonchev–Trinajstić information content (AvgIpc) is 2.47. The Labute approximate surface area is 112 Å². The van der Waals surface area contributed by atoms with Gasteiger partial charge in [0, 0.05) is 6.54 Å². The Balaban J connectivity index is 2.27. The molecule has 2 aromatic carbocycles. The summed E-state index contributed by atoms with van der Waals surface area (Å²) in [5.74, 6) is 0.506. The zero-order valence-corrected chi connectivity index (χ0v) is 11.3. The topological polar surface area (TPSA) is 61.5 Å². The van der Waals surface area contributed by atoms with Crippen LogP contribution >= 0.6 is 7.60 Å². The molecule has 0 bridgehead atoms. The maximum Gasteiger partial charge on any atom is 0.410 e. The molecule has 2 aromatic rings. The lowest BCUT2D eigenvalue weighted by Crippen LogP contribution is -2.16. The summed E-state index contributed by atoms with van der Waals surface area (Å²) in [6.07, 6.45) is 0. The third-order valence-electron chi connectivity index (χ3n) is 2.42. The van der Waals surface area contributed by atoms with E-state index in [-0.39, 0.29) is 13.2 Å². The molecule has 0 radical (unpaired) electrons. The van der Waals surface area contributed by atoms with E-state index < -0.39 is 7.60 Å². The summed E-state index contributed by atoms with van der Waals surface area (Å²) in [6.45, 7) is 0.466. The molecule has 0 saturated heterocycles. The second-order valence-electron chi connectivity index (χ2n) is 3.86. The van der Waals surface area contributed by atoms with E-state index in [0.29, 0.717) is 11.1 Å². The Bertz CT molecular complexity index is 545. The second-order valence-corrected chi connectivity index (χ2v) is 5.81. The van der Waals surface area contributed by atoms with Gasteiger partial charge in [0.05, 0.1) is 11.9 Å². The van der Waals surface area contributed by atoms with Crippen molar-refractivity contribution >= 4 is 12.9 Å². The maximum atomic E-state index is 12.8. The van der Waals surface area contributed by atoms with Crippen LogP contribution in [0, 0.1) is 0 Å². The van der Waals surface area contributed by atoms with Gasteiger partial charge in [-0.05, 0) is 24.3 Å². The fourth-order valence-corrected chi connectivity index (χ4v) is 3.15. The van der Waals surface area contributed by atoms with Crippen molar-refractivity contribution in [1.82, 2.24) is 0 Å². The van der Waals surface area contributed by atoms with Crippen molar-refractivity contribution in [3.05, 3.63) is 60.7 Å². The standard InChI is InChI=1S/C14H16NO3P/c15-11-12-17-19(16,14-9-5-2-6-10-14)18-13-7-3-1-4-8-13/h1-10H,11-12,15H2. The van der Waals surface area contributed by atoms with Crippen LogP contribution in [0.15, 0.2) is 60.7 Å². The second kappa shape index (κ2) is 6.53. The van der Waals surface area contributed by atoms with Crippen molar-refractivity contribution < 1.29 is 13.6 Å². The third-order valence-corrected chi connectivity index (χ3v) is 4.32. The van der Waals surface area contributed by atoms with Gasteiger partial charge in [-0.15, -0.1) is 0 Å². The molecule has 0 heterocycles. The van der Waals surface area contributed by atoms with Crippen LogP contribution in [0.4, 0.5) is 0 Å². The minimum atomic E-state index is -3.39. The maximum absolute atomic E-state index is 12.8. The van der Waals surface area contributed by atoms with Crippen LogP contribution < -0.4 is 15.6 Å². The largest absolute Gasteiger partial charge is 0.421 e. The SMILES string of the molecule is NCCOP(=O)(Oc1ccccc1)c1ccccc1. The summed E-state index contributed by atoms with van der Waals surface area (Å²) in [6, 6.07) is 17.8. The molecule has 0 fully saturated rings. The summed E-state index contributed by atoms with van der Waals surface area (Å²) in [7, 11) is -3.39. The summed E-state index contributed by atoms with van der Waals surface area (Å²) >= 11 is 0. The first-order valence-electron chi connectivity index (χ1n) is 5.99. The first-order chi connectivity index (χ1) is 9.24. The molecular weight excluding hydrogens is 261 g/mol. The highest BCUT2D eigenvalue weighted by Gasteiger charge is 2.28. The van der Waals surface area contributed by atoms with E-state index in [1.165, 1.54) is 0 Å². The van der Waals surface area contributed by atoms with Crippen molar-refractivity contribution in [2.24, 2.45) is 5.73 Å². The van der Waals surface area contributed by atoms with Crippen LogP contribution in [0.2, 0.25) is 0 Å². The molecule has 1 unspecified atom stereocenters. The summed E-state index contributed by atoms with van der Waals surface area (Å²) in [4.78, 5) is 0. The van der Waals surface area contributed by atoms with Gasteiger partial charge >= 0.3 is 7.60 Å². The van der Waals surface area contributed by atoms with Crippen LogP contribution in [-0.2, 0) is 9.09 Å². The number of benzene rings is 2. The Morgan fingerprint density at radius 3 is 2.11 bits per heavy atom. The van der Waals surface area contributed by atoms with Gasteiger partial charge in [-0.25, -0.2) is 4.57 Å². The van der Waals surface area contributed by atoms with Crippen molar-refractivity contribution in [1.29, 1.82) is 0 Å². The van der Waals surface area contributed by atoms with E-state index in [1.807, 2.05) is 24.3 Å². The molecule has 0 aromatic heterocycles. The number of para-hydroxylation sites is 1. The minimum absolute atomic E-state index is 0.180. The van der Waals surface area contributed by atoms with Crippen LogP contribution in [0.5, 0.6) is 5.75 Å². The van der Waals surface area contributed by atoms with Gasteiger partial charge in [-0.2, -0.15) is 0 Å². The number of hydrogen-bond acceptors (Lipinski definition) is 4. The van der Waals surface area contributed by atoms with E-state index >= 15 is 0 Å². The lowest BCUT2D eigenvalue weighted by molar-refractivity contribution is 0.281. The molecule has 19 heavy (non-hydrogen) atoms. The average molecular weight is 277 g/mol. The molecule has 0 aliphatic rings. The molecule has 5 heteroatoms. The molecule has 0 amide bonds. The van der Waals surface area contributed by atoms with E-state index in [2.05, 4.69) is 0 Å². The Morgan fingerprint density at radius 1 is 0.947 bits per heavy atom. The van der Waals surface area contributed by atoms with Crippen molar-refractivity contribution in [2.75, 3.05) is 13.2 Å². The van der Waals surface area contributed by atoms with E-state index in [1.54, 1.807) is 36.4 Å². The van der Waals surface area contributed by atoms with Gasteiger partial charge in [-0.1, -0.05) is 36.4 Å². The van der Waals surface area contributed by atoms with Gasteiger partial charge in [0.2, 0.25) is 0 Å². The van der Waals surface area contributed by atoms with Crippen molar-refractivity contribution in [2.45, 2.75) is 0 Å². The Hall–Kier alpha value is -1.61. The summed E-state index contributed by atoms with van der Waals surface area (Å²) < 4.78 is 23.8. The first kappa shape index (κ1) is 13.8. The lowest BCUT2D eigenvalue weighted by atomic mass is 10.3. The third kappa shape index (κ3) is 3.67. The molecule has 0 saturated carbocycles. The van der Waals surface area contributed by atoms with E-state index in [4.69, 9.17) is 14.8 Å². The summed E-state index contributed by atoms with van der Waals surface area (Å²) in [5, 5.41) is 0.521. The Kier molecular flexibility index (Phi) is 4.74. The number of rotatable bonds is 6. The van der Waals surface area contributed by atoms with Crippen LogP contribution in [-0.4, -0.2) is 13.2 Å².